The monoisotopic (exact) mass is 548 g/mol. The summed E-state index contributed by atoms with van der Waals surface area (Å²) in [5, 5.41) is 2.87. The highest BCUT2D eigenvalue weighted by Crippen LogP contribution is 2.25. The van der Waals surface area contributed by atoms with Gasteiger partial charge in [-0.15, -0.1) is 0 Å². The molecular formula is C26H26Cl2N2O5S. The van der Waals surface area contributed by atoms with Crippen LogP contribution in [-0.4, -0.2) is 32.9 Å². The summed E-state index contributed by atoms with van der Waals surface area (Å²) in [5.74, 6) is -1.03. The third-order valence-electron chi connectivity index (χ3n) is 5.20. The fraction of sp³-hybridized carbons (Fsp3) is 0.231. The van der Waals surface area contributed by atoms with Crippen molar-refractivity contribution in [3.05, 3.63) is 94.0 Å². The van der Waals surface area contributed by atoms with Crippen molar-refractivity contribution in [2.45, 2.75) is 37.1 Å². The van der Waals surface area contributed by atoms with Gasteiger partial charge in [0.25, 0.3) is 0 Å². The summed E-state index contributed by atoms with van der Waals surface area (Å²) in [7, 11) is -4.19. The van der Waals surface area contributed by atoms with Crippen molar-refractivity contribution in [2.24, 2.45) is 0 Å². The minimum absolute atomic E-state index is 0.0211. The number of rotatable bonds is 11. The van der Waals surface area contributed by atoms with Gasteiger partial charge in [0.05, 0.1) is 17.2 Å². The van der Waals surface area contributed by atoms with Crippen LogP contribution in [0.1, 0.15) is 35.7 Å². The predicted molar refractivity (Wildman–Crippen MR) is 141 cm³/mol. The van der Waals surface area contributed by atoms with E-state index in [4.69, 9.17) is 27.9 Å². The van der Waals surface area contributed by atoms with Crippen LogP contribution < -0.4 is 10.0 Å². The predicted octanol–water partition coefficient (Wildman–Crippen LogP) is 5.48. The van der Waals surface area contributed by atoms with E-state index >= 15 is 0 Å². The molecule has 0 aliphatic heterocycles. The molecule has 0 heterocycles. The summed E-state index contributed by atoms with van der Waals surface area (Å²) < 4.78 is 33.8. The van der Waals surface area contributed by atoms with Gasteiger partial charge in [-0.05, 0) is 60.9 Å². The summed E-state index contributed by atoms with van der Waals surface area (Å²) >= 11 is 12.1. The van der Waals surface area contributed by atoms with E-state index in [1.54, 1.807) is 36.4 Å². The van der Waals surface area contributed by atoms with Gasteiger partial charge in [0.1, 0.15) is 10.9 Å². The Bertz CT molecular complexity index is 1300. The topological polar surface area (TPSA) is 102 Å². The number of anilines is 1. The van der Waals surface area contributed by atoms with Crippen molar-refractivity contribution >= 4 is 50.8 Å². The second kappa shape index (κ2) is 12.9. The fourth-order valence-electron chi connectivity index (χ4n) is 3.28. The smallest absolute Gasteiger partial charge is 0.338 e. The van der Waals surface area contributed by atoms with Gasteiger partial charge in [-0.3, -0.25) is 4.79 Å². The van der Waals surface area contributed by atoms with Gasteiger partial charge in [-0.1, -0.05) is 66.9 Å². The maximum atomic E-state index is 13.2. The molecule has 0 fully saturated rings. The Balaban J connectivity index is 1.79. The average molecular weight is 549 g/mol. The molecule has 190 valence electrons. The van der Waals surface area contributed by atoms with Gasteiger partial charge in [0.2, 0.25) is 15.9 Å². The van der Waals surface area contributed by atoms with Crippen molar-refractivity contribution in [3.8, 4) is 0 Å². The molecule has 0 saturated heterocycles. The van der Waals surface area contributed by atoms with Crippen molar-refractivity contribution in [1.82, 2.24) is 4.72 Å². The molecule has 36 heavy (non-hydrogen) atoms. The molecule has 10 heteroatoms. The van der Waals surface area contributed by atoms with Crippen molar-refractivity contribution in [3.63, 3.8) is 0 Å². The number of esters is 1. The number of ether oxygens (including phenoxy) is 1. The first-order chi connectivity index (χ1) is 17.2. The number of hydrogen-bond donors (Lipinski definition) is 2. The molecule has 0 aliphatic carbocycles. The zero-order valence-electron chi connectivity index (χ0n) is 19.5. The summed E-state index contributed by atoms with van der Waals surface area (Å²) in [6, 6.07) is 18.1. The molecule has 3 rings (SSSR count). The number of halogens is 2. The first-order valence-corrected chi connectivity index (χ1v) is 13.5. The van der Waals surface area contributed by atoms with E-state index in [2.05, 4.69) is 10.0 Å². The first kappa shape index (κ1) is 27.7. The second-order valence-electron chi connectivity index (χ2n) is 7.99. The second-order valence-corrected chi connectivity index (χ2v) is 10.5. The minimum atomic E-state index is -4.19. The Labute approximate surface area is 220 Å². The van der Waals surface area contributed by atoms with E-state index in [-0.39, 0.29) is 21.4 Å². The number of carbonyl (C=O) groups is 2. The van der Waals surface area contributed by atoms with Crippen LogP contribution in [0.25, 0.3) is 0 Å². The van der Waals surface area contributed by atoms with Crippen LogP contribution in [0.2, 0.25) is 10.0 Å². The van der Waals surface area contributed by atoms with Crippen LogP contribution >= 0.6 is 23.2 Å². The summed E-state index contributed by atoms with van der Waals surface area (Å²) in [4.78, 5) is 25.1. The van der Waals surface area contributed by atoms with Gasteiger partial charge < -0.3 is 10.1 Å². The van der Waals surface area contributed by atoms with E-state index in [0.717, 1.165) is 18.4 Å². The van der Waals surface area contributed by atoms with Crippen molar-refractivity contribution < 1.29 is 22.7 Å². The van der Waals surface area contributed by atoms with Gasteiger partial charge in [-0.2, -0.15) is 4.72 Å². The summed E-state index contributed by atoms with van der Waals surface area (Å²) in [5.41, 5.74) is 1.49. The fourth-order valence-corrected chi connectivity index (χ4v) is 5.24. The quantitative estimate of drug-likeness (QED) is 0.244. The van der Waals surface area contributed by atoms with Crippen molar-refractivity contribution in [1.29, 1.82) is 0 Å². The minimum Gasteiger partial charge on any atom is -0.462 e. The van der Waals surface area contributed by atoms with E-state index in [1.165, 1.54) is 30.3 Å². The molecule has 3 aromatic carbocycles. The normalized spacial score (nSPS) is 12.1. The maximum absolute atomic E-state index is 13.2. The lowest BCUT2D eigenvalue weighted by molar-refractivity contribution is -0.117. The molecule has 0 unspecified atom stereocenters. The Hall–Kier alpha value is -2.91. The molecule has 7 nitrogen and oxygen atoms in total. The zero-order chi connectivity index (χ0) is 26.1. The number of hydrogen-bond acceptors (Lipinski definition) is 5. The highest BCUT2D eigenvalue weighted by Gasteiger charge is 2.28. The molecule has 0 aliphatic rings. The largest absolute Gasteiger partial charge is 0.462 e. The van der Waals surface area contributed by atoms with Crippen LogP contribution in [0.5, 0.6) is 0 Å². The first-order valence-electron chi connectivity index (χ1n) is 11.3. The lowest BCUT2D eigenvalue weighted by atomic mass is 10.1. The SMILES string of the molecule is CCCCOC(=O)c1ccc(NC(=O)[C@H](Cc2ccccc2)NS(=O)(=O)c2cc(Cl)ccc2Cl)cc1. The summed E-state index contributed by atoms with van der Waals surface area (Å²) in [6.45, 7) is 2.34. The van der Waals surface area contributed by atoms with Crippen LogP contribution in [0.3, 0.4) is 0 Å². The highest BCUT2D eigenvalue weighted by atomic mass is 35.5. The van der Waals surface area contributed by atoms with Gasteiger partial charge >= 0.3 is 5.97 Å². The molecule has 0 bridgehead atoms. The van der Waals surface area contributed by atoms with E-state index in [0.29, 0.717) is 17.9 Å². The number of nitrogens with one attached hydrogen (secondary N) is 2. The Kier molecular flexibility index (Phi) is 9.89. The molecule has 0 aromatic heterocycles. The molecular weight excluding hydrogens is 523 g/mol. The van der Waals surface area contributed by atoms with Gasteiger partial charge in [-0.25, -0.2) is 13.2 Å². The number of sulfonamides is 1. The third-order valence-corrected chi connectivity index (χ3v) is 7.39. The van der Waals surface area contributed by atoms with Crippen LogP contribution in [0.15, 0.2) is 77.7 Å². The molecule has 0 spiro atoms. The Morgan fingerprint density at radius 1 is 0.972 bits per heavy atom. The van der Waals surface area contributed by atoms with E-state index < -0.39 is 27.9 Å². The van der Waals surface area contributed by atoms with Crippen LogP contribution in [0, 0.1) is 0 Å². The lowest BCUT2D eigenvalue weighted by Gasteiger charge is -2.19. The number of carbonyl (C=O) groups excluding carboxylic acids is 2. The number of unbranched alkanes of at least 4 members (excludes halogenated alkanes) is 1. The van der Waals surface area contributed by atoms with Crippen LogP contribution in [-0.2, 0) is 26.0 Å². The number of amides is 1. The molecule has 2 N–H and O–H groups in total. The maximum Gasteiger partial charge on any atom is 0.338 e. The van der Waals surface area contributed by atoms with Gasteiger partial charge in [0.15, 0.2) is 0 Å². The van der Waals surface area contributed by atoms with Crippen LogP contribution in [0.4, 0.5) is 5.69 Å². The van der Waals surface area contributed by atoms with Crippen molar-refractivity contribution in [2.75, 3.05) is 11.9 Å². The van der Waals surface area contributed by atoms with E-state index in [9.17, 15) is 18.0 Å². The molecule has 1 atom stereocenters. The molecule has 0 radical (unpaired) electrons. The molecule has 0 saturated carbocycles. The zero-order valence-corrected chi connectivity index (χ0v) is 21.9. The Morgan fingerprint density at radius 3 is 2.33 bits per heavy atom. The number of benzene rings is 3. The third kappa shape index (κ3) is 7.80. The molecule has 1 amide bonds. The Morgan fingerprint density at radius 2 is 1.67 bits per heavy atom. The lowest BCUT2D eigenvalue weighted by Crippen LogP contribution is -2.45. The average Bonchev–Trinajstić information content (AvgIpc) is 2.86. The standard InChI is InChI=1S/C26H26Cl2N2O5S/c1-2-3-15-35-26(32)19-9-12-21(13-10-19)29-25(31)23(16-18-7-5-4-6-8-18)30-36(33,34)24-17-20(27)11-14-22(24)28/h4-14,17,23,30H,2-3,15-16H2,1H3,(H,29,31)/t23-/m0/s1. The van der Waals surface area contributed by atoms with E-state index in [1.807, 2.05) is 13.0 Å². The highest BCUT2D eigenvalue weighted by molar-refractivity contribution is 7.89. The summed E-state index contributed by atoms with van der Waals surface area (Å²) in [6.07, 6.45) is 1.78. The molecule has 3 aromatic rings. The van der Waals surface area contributed by atoms with Gasteiger partial charge in [0, 0.05) is 10.7 Å².